The third-order valence-electron chi connectivity index (χ3n) is 6.01. The van der Waals surface area contributed by atoms with Gasteiger partial charge in [0.1, 0.15) is 0 Å². The standard InChI is InChI=1S/C22H37BrO2Si/c1-9-11-20(25-26(7,8)21(2,3)4)22(5,6)19(24)13-10-12-17-16-18(17)14-15-23/h9-12,17-20,24H,13,16H2,1-8H3/b11-9+,12-10-/t17-,18+,19-,20?/m0/s1. The van der Waals surface area contributed by atoms with Crippen LogP contribution in [-0.4, -0.2) is 25.6 Å². The van der Waals surface area contributed by atoms with Gasteiger partial charge in [0.25, 0.3) is 0 Å². The third kappa shape index (κ3) is 6.37. The molecule has 148 valence electrons. The molecule has 1 rings (SSSR count). The van der Waals surface area contributed by atoms with Crippen LogP contribution in [0.4, 0.5) is 0 Å². The highest BCUT2D eigenvalue weighted by Crippen LogP contribution is 2.42. The minimum absolute atomic E-state index is 0.0928. The fourth-order valence-corrected chi connectivity index (χ4v) is 4.31. The summed E-state index contributed by atoms with van der Waals surface area (Å²) in [4.78, 5) is 2.80. The molecule has 1 N–H and O–H groups in total. The second-order valence-electron chi connectivity index (χ2n) is 9.57. The quantitative estimate of drug-likeness (QED) is 0.273. The molecular formula is C22H37BrO2Si. The van der Waals surface area contributed by atoms with Crippen molar-refractivity contribution in [1.29, 1.82) is 0 Å². The van der Waals surface area contributed by atoms with Crippen molar-refractivity contribution in [2.45, 2.75) is 84.7 Å². The summed E-state index contributed by atoms with van der Waals surface area (Å²) in [6.45, 7) is 17.5. The van der Waals surface area contributed by atoms with Crippen molar-refractivity contribution in [2.75, 3.05) is 0 Å². The van der Waals surface area contributed by atoms with Crippen LogP contribution in [0.5, 0.6) is 0 Å². The highest BCUT2D eigenvalue weighted by Gasteiger charge is 2.44. The fourth-order valence-electron chi connectivity index (χ4n) is 2.65. The molecule has 4 atom stereocenters. The lowest BCUT2D eigenvalue weighted by atomic mass is 9.79. The number of aliphatic hydroxyl groups is 1. The highest BCUT2D eigenvalue weighted by atomic mass is 79.9. The van der Waals surface area contributed by atoms with Gasteiger partial charge >= 0.3 is 0 Å². The van der Waals surface area contributed by atoms with Crippen molar-refractivity contribution in [3.05, 3.63) is 24.3 Å². The first-order valence-electron chi connectivity index (χ1n) is 9.63. The van der Waals surface area contributed by atoms with E-state index in [-0.39, 0.29) is 16.6 Å². The first kappa shape index (κ1) is 23.7. The Morgan fingerprint density at radius 2 is 1.88 bits per heavy atom. The van der Waals surface area contributed by atoms with Crippen LogP contribution < -0.4 is 0 Å². The van der Waals surface area contributed by atoms with Gasteiger partial charge in [-0.3, -0.25) is 0 Å². The second kappa shape index (κ2) is 9.23. The van der Waals surface area contributed by atoms with E-state index in [1.165, 1.54) is 0 Å². The van der Waals surface area contributed by atoms with Crippen molar-refractivity contribution < 1.29 is 9.53 Å². The van der Waals surface area contributed by atoms with Crippen LogP contribution >= 0.6 is 15.9 Å². The molecule has 1 saturated carbocycles. The minimum atomic E-state index is -1.92. The summed E-state index contributed by atoms with van der Waals surface area (Å²) in [5, 5.41) is 11.0. The fraction of sp³-hybridized carbons (Fsp3) is 0.727. The molecule has 0 heterocycles. The summed E-state index contributed by atoms with van der Waals surface area (Å²) in [6, 6.07) is 0. The molecule has 1 fully saturated rings. The Morgan fingerprint density at radius 1 is 1.27 bits per heavy atom. The molecule has 0 aromatic carbocycles. The van der Waals surface area contributed by atoms with Crippen LogP contribution in [0.15, 0.2) is 24.3 Å². The lowest BCUT2D eigenvalue weighted by Gasteiger charge is -2.44. The summed E-state index contributed by atoms with van der Waals surface area (Å²) < 4.78 is 6.66. The lowest BCUT2D eigenvalue weighted by molar-refractivity contribution is -0.0181. The van der Waals surface area contributed by atoms with Gasteiger partial charge < -0.3 is 9.53 Å². The summed E-state index contributed by atoms with van der Waals surface area (Å²) in [6.07, 6.45) is 9.70. The van der Waals surface area contributed by atoms with Gasteiger partial charge in [0.2, 0.25) is 0 Å². The molecule has 2 nitrogen and oxygen atoms in total. The molecule has 0 aromatic heterocycles. The molecule has 26 heavy (non-hydrogen) atoms. The van der Waals surface area contributed by atoms with Gasteiger partial charge in [-0.25, -0.2) is 0 Å². The number of aliphatic hydroxyl groups excluding tert-OH is 1. The Kier molecular flexibility index (Phi) is 8.42. The molecule has 4 heteroatoms. The number of hydrogen-bond acceptors (Lipinski definition) is 2. The van der Waals surface area contributed by atoms with Crippen molar-refractivity contribution in [3.63, 3.8) is 0 Å². The maximum atomic E-state index is 10.9. The van der Waals surface area contributed by atoms with Gasteiger partial charge in [-0.1, -0.05) is 64.8 Å². The first-order chi connectivity index (χ1) is 11.9. The molecule has 0 aliphatic heterocycles. The maximum absolute atomic E-state index is 10.9. The van der Waals surface area contributed by atoms with E-state index in [1.54, 1.807) is 0 Å². The van der Waals surface area contributed by atoms with Crippen LogP contribution in [0, 0.1) is 28.0 Å². The SMILES string of the molecule is C/C=C/C(O[Si](C)(C)C(C)(C)C)C(C)(C)[C@@H](O)C/C=C\[C@H]1C[C@H]1C#CBr. The van der Waals surface area contributed by atoms with E-state index in [0.717, 1.165) is 6.42 Å². The Bertz CT molecular complexity index is 575. The maximum Gasteiger partial charge on any atom is 0.192 e. The van der Waals surface area contributed by atoms with E-state index in [0.29, 0.717) is 18.3 Å². The molecule has 0 aromatic rings. The van der Waals surface area contributed by atoms with Crippen LogP contribution in [-0.2, 0) is 4.43 Å². The lowest BCUT2D eigenvalue weighted by Crippen LogP contribution is -2.50. The normalized spacial score (nSPS) is 23.8. The van der Waals surface area contributed by atoms with Crippen LogP contribution in [0.1, 0.15) is 54.4 Å². The molecule has 1 aliphatic rings. The Morgan fingerprint density at radius 3 is 2.38 bits per heavy atom. The smallest absolute Gasteiger partial charge is 0.192 e. The predicted molar refractivity (Wildman–Crippen MR) is 119 cm³/mol. The van der Waals surface area contributed by atoms with Crippen LogP contribution in [0.3, 0.4) is 0 Å². The van der Waals surface area contributed by atoms with Crippen LogP contribution in [0.25, 0.3) is 0 Å². The van der Waals surface area contributed by atoms with Crippen LogP contribution in [0.2, 0.25) is 18.1 Å². The average Bonchev–Trinajstić information content (AvgIpc) is 3.23. The van der Waals surface area contributed by atoms with Crippen molar-refractivity contribution >= 4 is 24.2 Å². The molecule has 0 radical (unpaired) electrons. The number of rotatable bonds is 8. The third-order valence-corrected chi connectivity index (χ3v) is 10.7. The zero-order valence-corrected chi connectivity index (χ0v) is 20.4. The summed E-state index contributed by atoms with van der Waals surface area (Å²) in [7, 11) is -1.92. The van der Waals surface area contributed by atoms with Gasteiger partial charge in [0.05, 0.1) is 12.2 Å². The number of hydrogen-bond donors (Lipinski definition) is 1. The van der Waals surface area contributed by atoms with Gasteiger partial charge in [0, 0.05) is 27.3 Å². The molecular weight excluding hydrogens is 404 g/mol. The topological polar surface area (TPSA) is 29.5 Å². The van der Waals surface area contributed by atoms with E-state index in [4.69, 9.17) is 4.43 Å². The van der Waals surface area contributed by atoms with Gasteiger partial charge in [-0.2, -0.15) is 0 Å². The minimum Gasteiger partial charge on any atom is -0.410 e. The van der Waals surface area contributed by atoms with E-state index in [1.807, 2.05) is 13.0 Å². The van der Waals surface area contributed by atoms with Crippen molar-refractivity contribution in [2.24, 2.45) is 17.3 Å². The number of halogens is 1. The molecule has 1 aliphatic carbocycles. The Labute approximate surface area is 170 Å². The van der Waals surface area contributed by atoms with E-state index < -0.39 is 14.4 Å². The average molecular weight is 442 g/mol. The van der Waals surface area contributed by atoms with Gasteiger partial charge in [-0.15, -0.1) is 0 Å². The van der Waals surface area contributed by atoms with E-state index >= 15 is 0 Å². The zero-order chi connectivity index (χ0) is 20.2. The molecule has 0 amide bonds. The zero-order valence-electron chi connectivity index (χ0n) is 17.8. The second-order valence-corrected chi connectivity index (χ2v) is 14.7. The molecule has 0 saturated heterocycles. The number of allylic oxidation sites excluding steroid dienone is 2. The molecule has 1 unspecified atom stereocenters. The van der Waals surface area contributed by atoms with E-state index in [2.05, 4.69) is 92.6 Å². The highest BCUT2D eigenvalue weighted by molar-refractivity contribution is 9.12. The van der Waals surface area contributed by atoms with Gasteiger partial charge in [0.15, 0.2) is 8.32 Å². The van der Waals surface area contributed by atoms with E-state index in [9.17, 15) is 5.11 Å². The monoisotopic (exact) mass is 440 g/mol. The summed E-state index contributed by atoms with van der Waals surface area (Å²) in [5.41, 5.74) is -0.356. The van der Waals surface area contributed by atoms with Gasteiger partial charge in [-0.05, 0) is 48.6 Å². The van der Waals surface area contributed by atoms with Crippen molar-refractivity contribution in [1.82, 2.24) is 0 Å². The first-order valence-corrected chi connectivity index (χ1v) is 13.3. The molecule has 0 bridgehead atoms. The largest absolute Gasteiger partial charge is 0.410 e. The summed E-state index contributed by atoms with van der Waals surface area (Å²) in [5.74, 6) is 4.17. The van der Waals surface area contributed by atoms with Crippen molar-refractivity contribution in [3.8, 4) is 10.8 Å². The predicted octanol–water partition coefficient (Wildman–Crippen LogP) is 6.28. The molecule has 0 spiro atoms. The Balaban J connectivity index is 2.78. The summed E-state index contributed by atoms with van der Waals surface area (Å²) >= 11 is 3.16. The Hall–Kier alpha value is -0.343.